The van der Waals surface area contributed by atoms with Gasteiger partial charge in [0.05, 0.1) is 18.1 Å². The summed E-state index contributed by atoms with van der Waals surface area (Å²) in [5, 5.41) is 12.4. The number of hydrogen-bond acceptors (Lipinski definition) is 4. The highest BCUT2D eigenvalue weighted by atomic mass is 16.5. The van der Waals surface area contributed by atoms with Crippen LogP contribution in [-0.2, 0) is 9.53 Å². The number of ether oxygens (including phenoxy) is 1. The van der Waals surface area contributed by atoms with Gasteiger partial charge in [-0.3, -0.25) is 4.79 Å². The Bertz CT molecular complexity index is 213. The maximum absolute atomic E-state index is 11.4. The minimum Gasteiger partial charge on any atom is -0.388 e. The zero-order valence-electron chi connectivity index (χ0n) is 9.16. The molecule has 0 bridgehead atoms. The van der Waals surface area contributed by atoms with Gasteiger partial charge in [-0.15, -0.1) is 0 Å². The third kappa shape index (κ3) is 3.77. The highest BCUT2D eigenvalue weighted by Gasteiger charge is 2.34. The van der Waals surface area contributed by atoms with Crippen LogP contribution in [0, 0.1) is 0 Å². The summed E-state index contributed by atoms with van der Waals surface area (Å²) in [4.78, 5) is 11.4. The van der Waals surface area contributed by atoms with E-state index in [-0.39, 0.29) is 18.4 Å². The number of rotatable bonds is 6. The lowest BCUT2D eigenvalue weighted by molar-refractivity contribution is -0.125. The molecule has 0 spiro atoms. The monoisotopic (exact) mass is 216 g/mol. The Labute approximate surface area is 90.0 Å². The van der Waals surface area contributed by atoms with Crippen molar-refractivity contribution in [3.05, 3.63) is 0 Å². The van der Waals surface area contributed by atoms with Crippen LogP contribution in [0.4, 0.5) is 0 Å². The number of aliphatic hydroxyl groups is 1. The minimum atomic E-state index is -0.666. The lowest BCUT2D eigenvalue weighted by atomic mass is 9.80. The van der Waals surface area contributed by atoms with E-state index in [1.54, 1.807) is 0 Å². The first-order valence-electron chi connectivity index (χ1n) is 5.31. The third-order valence-electron chi connectivity index (χ3n) is 2.91. The molecule has 0 heterocycles. The molecular formula is C10H20N2O3. The highest BCUT2D eigenvalue weighted by molar-refractivity contribution is 5.76. The number of nitrogens with two attached hydrogens (primary N) is 1. The maximum atomic E-state index is 11.4. The molecule has 0 aliphatic heterocycles. The number of hydrogen-bond donors (Lipinski definition) is 3. The first-order valence-corrected chi connectivity index (χ1v) is 5.31. The van der Waals surface area contributed by atoms with Crippen LogP contribution in [-0.4, -0.2) is 42.9 Å². The fraction of sp³-hybridized carbons (Fsp3) is 0.900. The van der Waals surface area contributed by atoms with Gasteiger partial charge in [0.25, 0.3) is 0 Å². The first kappa shape index (κ1) is 12.4. The van der Waals surface area contributed by atoms with Crippen LogP contribution in [0.25, 0.3) is 0 Å². The van der Waals surface area contributed by atoms with E-state index in [2.05, 4.69) is 5.32 Å². The molecule has 88 valence electrons. The van der Waals surface area contributed by atoms with Gasteiger partial charge in [-0.1, -0.05) is 0 Å². The number of carbonyl (C=O) groups is 1. The van der Waals surface area contributed by atoms with Crippen molar-refractivity contribution in [1.29, 1.82) is 0 Å². The first-order chi connectivity index (χ1) is 7.09. The number of amides is 1. The van der Waals surface area contributed by atoms with Crippen LogP contribution < -0.4 is 11.1 Å². The minimum absolute atomic E-state index is 0.118. The molecule has 1 atom stereocenters. The molecule has 1 aliphatic carbocycles. The van der Waals surface area contributed by atoms with Gasteiger partial charge < -0.3 is 20.9 Å². The van der Waals surface area contributed by atoms with Crippen LogP contribution >= 0.6 is 0 Å². The summed E-state index contributed by atoms with van der Waals surface area (Å²) in [6.07, 6.45) is 2.61. The Kier molecular flexibility index (Phi) is 4.50. The molecule has 1 aliphatic rings. The summed E-state index contributed by atoms with van der Waals surface area (Å²) < 4.78 is 4.99. The van der Waals surface area contributed by atoms with E-state index in [4.69, 9.17) is 10.5 Å². The fourth-order valence-corrected chi connectivity index (χ4v) is 1.57. The molecule has 5 nitrogen and oxygen atoms in total. The fourth-order valence-electron chi connectivity index (χ4n) is 1.57. The molecule has 5 heteroatoms. The standard InChI is InChI=1S/C10H20N2O3/c1-15-8(6-11)5-9(13)12-7-10(14)3-2-4-10/h8,14H,2-7,11H2,1H3,(H,12,13). The van der Waals surface area contributed by atoms with Crippen molar-refractivity contribution in [2.45, 2.75) is 37.4 Å². The molecular weight excluding hydrogens is 196 g/mol. The summed E-state index contributed by atoms with van der Waals surface area (Å²) in [6, 6.07) is 0. The number of methoxy groups -OCH3 is 1. The van der Waals surface area contributed by atoms with Crippen LogP contribution in [0.1, 0.15) is 25.7 Å². The van der Waals surface area contributed by atoms with Crippen LogP contribution in [0.3, 0.4) is 0 Å². The maximum Gasteiger partial charge on any atom is 0.222 e. The van der Waals surface area contributed by atoms with E-state index in [1.165, 1.54) is 7.11 Å². The smallest absolute Gasteiger partial charge is 0.222 e. The molecule has 1 saturated carbocycles. The van der Waals surface area contributed by atoms with E-state index in [1.807, 2.05) is 0 Å². The van der Waals surface area contributed by atoms with Crippen molar-refractivity contribution < 1.29 is 14.6 Å². The van der Waals surface area contributed by atoms with Crippen molar-refractivity contribution in [1.82, 2.24) is 5.32 Å². The average molecular weight is 216 g/mol. The molecule has 4 N–H and O–H groups in total. The summed E-state index contributed by atoms with van der Waals surface area (Å²) in [5.74, 6) is -0.118. The largest absolute Gasteiger partial charge is 0.388 e. The Hall–Kier alpha value is -0.650. The molecule has 1 amide bonds. The molecule has 1 unspecified atom stereocenters. The molecule has 0 aromatic carbocycles. The van der Waals surface area contributed by atoms with Gasteiger partial charge >= 0.3 is 0 Å². The Morgan fingerprint density at radius 2 is 2.33 bits per heavy atom. The van der Waals surface area contributed by atoms with Crippen molar-refractivity contribution in [2.24, 2.45) is 5.73 Å². The van der Waals surface area contributed by atoms with Gasteiger partial charge in [-0.25, -0.2) is 0 Å². The van der Waals surface area contributed by atoms with Gasteiger partial charge in [-0.05, 0) is 19.3 Å². The SMILES string of the molecule is COC(CN)CC(=O)NCC1(O)CCC1. The lowest BCUT2D eigenvalue weighted by Crippen LogP contribution is -2.48. The van der Waals surface area contributed by atoms with Crippen LogP contribution in [0.5, 0.6) is 0 Å². The second kappa shape index (κ2) is 5.44. The normalized spacial score (nSPS) is 20.5. The van der Waals surface area contributed by atoms with E-state index < -0.39 is 5.60 Å². The summed E-state index contributed by atoms with van der Waals surface area (Å²) in [7, 11) is 1.53. The van der Waals surface area contributed by atoms with E-state index >= 15 is 0 Å². The number of nitrogens with one attached hydrogen (secondary N) is 1. The van der Waals surface area contributed by atoms with Crippen molar-refractivity contribution in [2.75, 3.05) is 20.2 Å². The summed E-state index contributed by atoms with van der Waals surface area (Å²) in [6.45, 7) is 0.668. The molecule has 0 aromatic heterocycles. The predicted octanol–water partition coefficient (Wildman–Crippen LogP) is -0.619. The van der Waals surface area contributed by atoms with E-state index in [0.29, 0.717) is 13.1 Å². The quantitative estimate of drug-likeness (QED) is 0.552. The highest BCUT2D eigenvalue weighted by Crippen LogP contribution is 2.30. The molecule has 0 aromatic rings. The van der Waals surface area contributed by atoms with Gasteiger partial charge in [0, 0.05) is 20.2 Å². The third-order valence-corrected chi connectivity index (χ3v) is 2.91. The number of carbonyl (C=O) groups excluding carboxylic acids is 1. The van der Waals surface area contributed by atoms with Gasteiger partial charge in [0.1, 0.15) is 0 Å². The van der Waals surface area contributed by atoms with Crippen molar-refractivity contribution in [3.63, 3.8) is 0 Å². The topological polar surface area (TPSA) is 84.6 Å². The zero-order chi connectivity index (χ0) is 11.3. The van der Waals surface area contributed by atoms with Crippen LogP contribution in [0.15, 0.2) is 0 Å². The molecule has 0 saturated heterocycles. The predicted molar refractivity (Wildman–Crippen MR) is 56.3 cm³/mol. The Morgan fingerprint density at radius 1 is 1.67 bits per heavy atom. The second-order valence-electron chi connectivity index (χ2n) is 4.15. The van der Waals surface area contributed by atoms with E-state index in [0.717, 1.165) is 19.3 Å². The zero-order valence-corrected chi connectivity index (χ0v) is 9.16. The van der Waals surface area contributed by atoms with Gasteiger partial charge in [-0.2, -0.15) is 0 Å². The van der Waals surface area contributed by atoms with Crippen molar-refractivity contribution in [3.8, 4) is 0 Å². The van der Waals surface area contributed by atoms with Crippen molar-refractivity contribution >= 4 is 5.91 Å². The Balaban J connectivity index is 2.18. The van der Waals surface area contributed by atoms with Gasteiger partial charge in [0.15, 0.2) is 0 Å². The summed E-state index contributed by atoms with van der Waals surface area (Å²) in [5.41, 5.74) is 4.73. The molecule has 0 radical (unpaired) electrons. The lowest BCUT2D eigenvalue weighted by Gasteiger charge is -2.36. The van der Waals surface area contributed by atoms with E-state index in [9.17, 15) is 9.90 Å². The average Bonchev–Trinajstić information content (AvgIpc) is 2.20. The van der Waals surface area contributed by atoms with Gasteiger partial charge in [0.2, 0.25) is 5.91 Å². The molecule has 15 heavy (non-hydrogen) atoms. The molecule has 1 fully saturated rings. The molecule has 1 rings (SSSR count). The Morgan fingerprint density at radius 3 is 2.73 bits per heavy atom. The summed E-state index contributed by atoms with van der Waals surface area (Å²) >= 11 is 0. The van der Waals surface area contributed by atoms with Crippen LogP contribution in [0.2, 0.25) is 0 Å². The second-order valence-corrected chi connectivity index (χ2v) is 4.15.